The Morgan fingerprint density at radius 1 is 1.09 bits per heavy atom. The molecule has 0 fully saturated rings. The predicted molar refractivity (Wildman–Crippen MR) is 132 cm³/mol. The molecule has 3 rings (SSSR count). The van der Waals surface area contributed by atoms with E-state index in [9.17, 15) is 19.6 Å². The summed E-state index contributed by atoms with van der Waals surface area (Å²) in [5, 5.41) is 15.8. The fourth-order valence-corrected chi connectivity index (χ4v) is 3.64. The first kappa shape index (κ1) is 25.2. The number of ether oxygens (including phenoxy) is 1. The number of halogens is 1. The third-order valence-electron chi connectivity index (χ3n) is 5.06. The van der Waals surface area contributed by atoms with Crippen molar-refractivity contribution >= 4 is 23.1 Å². The van der Waals surface area contributed by atoms with E-state index in [0.29, 0.717) is 16.5 Å². The van der Waals surface area contributed by atoms with Crippen molar-refractivity contribution in [3.63, 3.8) is 0 Å². The van der Waals surface area contributed by atoms with E-state index >= 15 is 0 Å². The first-order valence-corrected chi connectivity index (χ1v) is 11.2. The SMILES string of the molecule is CC(C)Oc1ccc(Nc2cc(=O)n(CC(CO)CN=O)c(=O)n2Cc2ccccc2)cc1Cl. The average Bonchev–Trinajstić information content (AvgIpc) is 2.80. The van der Waals surface area contributed by atoms with Gasteiger partial charge in [-0.2, -0.15) is 4.91 Å². The molecule has 0 spiro atoms. The maximum absolute atomic E-state index is 13.4. The van der Waals surface area contributed by atoms with Gasteiger partial charge >= 0.3 is 5.69 Å². The van der Waals surface area contributed by atoms with Crippen molar-refractivity contribution in [2.45, 2.75) is 33.0 Å². The average molecular weight is 487 g/mol. The Bertz CT molecular complexity index is 1240. The molecular weight excluding hydrogens is 460 g/mol. The maximum atomic E-state index is 13.4. The molecule has 180 valence electrons. The van der Waals surface area contributed by atoms with Crippen LogP contribution < -0.4 is 21.3 Å². The van der Waals surface area contributed by atoms with Crippen LogP contribution in [-0.2, 0) is 13.1 Å². The van der Waals surface area contributed by atoms with Gasteiger partial charge in [0.15, 0.2) is 0 Å². The summed E-state index contributed by atoms with van der Waals surface area (Å²) in [6.45, 7) is 3.28. The van der Waals surface area contributed by atoms with Gasteiger partial charge in [-0.15, -0.1) is 0 Å². The highest BCUT2D eigenvalue weighted by atomic mass is 35.5. The highest BCUT2D eigenvalue weighted by Crippen LogP contribution is 2.29. The molecule has 0 aliphatic carbocycles. The Morgan fingerprint density at radius 2 is 1.82 bits per heavy atom. The Balaban J connectivity index is 2.03. The third-order valence-corrected chi connectivity index (χ3v) is 5.36. The number of nitrogens with zero attached hydrogens (tertiary/aromatic N) is 3. The Kier molecular flexibility index (Phi) is 8.61. The lowest BCUT2D eigenvalue weighted by Crippen LogP contribution is -2.42. The number of rotatable bonds is 11. The number of nitroso groups, excluding NO2 is 1. The number of benzene rings is 2. The van der Waals surface area contributed by atoms with Crippen molar-refractivity contribution in [3.05, 3.63) is 90.9 Å². The molecule has 1 atom stereocenters. The van der Waals surface area contributed by atoms with Gasteiger partial charge in [0, 0.05) is 30.8 Å². The van der Waals surface area contributed by atoms with Crippen LogP contribution in [0.2, 0.25) is 5.02 Å². The zero-order valence-corrected chi connectivity index (χ0v) is 19.7. The number of aromatic nitrogens is 2. The smallest absolute Gasteiger partial charge is 0.332 e. The van der Waals surface area contributed by atoms with Crippen molar-refractivity contribution in [3.8, 4) is 5.75 Å². The Labute approximate surface area is 201 Å². The number of aliphatic hydroxyl groups is 1. The molecule has 0 saturated carbocycles. The van der Waals surface area contributed by atoms with Gasteiger partial charge in [-0.25, -0.2) is 4.79 Å². The summed E-state index contributed by atoms with van der Waals surface area (Å²) in [4.78, 5) is 36.8. The molecule has 0 saturated heterocycles. The lowest BCUT2D eigenvalue weighted by molar-refractivity contribution is 0.212. The summed E-state index contributed by atoms with van der Waals surface area (Å²) in [5.41, 5.74) is 0.281. The van der Waals surface area contributed by atoms with Crippen LogP contribution in [0.3, 0.4) is 0 Å². The van der Waals surface area contributed by atoms with Gasteiger partial charge < -0.3 is 15.2 Å². The van der Waals surface area contributed by atoms with Gasteiger partial charge in [0.25, 0.3) is 5.56 Å². The molecule has 2 N–H and O–H groups in total. The quantitative estimate of drug-likeness (QED) is 0.400. The number of nitrogens with one attached hydrogen (secondary N) is 1. The molecule has 0 amide bonds. The van der Waals surface area contributed by atoms with E-state index in [1.807, 2.05) is 44.2 Å². The molecule has 34 heavy (non-hydrogen) atoms. The molecule has 10 heteroatoms. The van der Waals surface area contributed by atoms with Crippen LogP contribution in [0.4, 0.5) is 11.5 Å². The van der Waals surface area contributed by atoms with Crippen LogP contribution in [-0.4, -0.2) is 33.5 Å². The summed E-state index contributed by atoms with van der Waals surface area (Å²) < 4.78 is 8.08. The first-order valence-electron chi connectivity index (χ1n) is 10.8. The Hall–Kier alpha value is -3.43. The van der Waals surface area contributed by atoms with Crippen molar-refractivity contribution in [1.29, 1.82) is 0 Å². The molecule has 0 radical (unpaired) electrons. The summed E-state index contributed by atoms with van der Waals surface area (Å²) >= 11 is 6.34. The van der Waals surface area contributed by atoms with Gasteiger partial charge in [-0.05, 0) is 37.6 Å². The lowest BCUT2D eigenvalue weighted by atomic mass is 10.1. The van der Waals surface area contributed by atoms with Gasteiger partial charge in [-0.1, -0.05) is 47.1 Å². The van der Waals surface area contributed by atoms with Crippen molar-refractivity contribution in [1.82, 2.24) is 9.13 Å². The van der Waals surface area contributed by atoms with E-state index < -0.39 is 17.2 Å². The van der Waals surface area contributed by atoms with E-state index in [-0.39, 0.29) is 38.2 Å². The van der Waals surface area contributed by atoms with Crippen LogP contribution >= 0.6 is 11.6 Å². The Morgan fingerprint density at radius 3 is 2.44 bits per heavy atom. The third kappa shape index (κ3) is 6.33. The number of aliphatic hydroxyl groups excluding tert-OH is 1. The van der Waals surface area contributed by atoms with E-state index in [1.54, 1.807) is 18.2 Å². The second kappa shape index (κ2) is 11.6. The molecule has 1 heterocycles. The normalized spacial score (nSPS) is 11.9. The zero-order valence-electron chi connectivity index (χ0n) is 19.0. The molecule has 9 nitrogen and oxygen atoms in total. The van der Waals surface area contributed by atoms with Gasteiger partial charge in [0.05, 0.1) is 24.2 Å². The molecule has 0 aliphatic rings. The van der Waals surface area contributed by atoms with E-state index in [2.05, 4.69) is 10.5 Å². The van der Waals surface area contributed by atoms with Crippen molar-refractivity contribution < 1.29 is 9.84 Å². The van der Waals surface area contributed by atoms with Gasteiger partial charge in [0.2, 0.25) is 0 Å². The van der Waals surface area contributed by atoms with Gasteiger partial charge in [0.1, 0.15) is 11.6 Å². The van der Waals surface area contributed by atoms with Crippen LogP contribution in [0.1, 0.15) is 19.4 Å². The first-order chi connectivity index (χ1) is 16.3. The van der Waals surface area contributed by atoms with E-state index in [1.165, 1.54) is 10.6 Å². The topological polar surface area (TPSA) is 115 Å². The highest BCUT2D eigenvalue weighted by molar-refractivity contribution is 6.32. The summed E-state index contributed by atoms with van der Waals surface area (Å²) in [7, 11) is 0. The van der Waals surface area contributed by atoms with Crippen LogP contribution in [0.15, 0.2) is 69.4 Å². The predicted octanol–water partition coefficient (Wildman–Crippen LogP) is 3.62. The lowest BCUT2D eigenvalue weighted by Gasteiger charge is -2.19. The van der Waals surface area contributed by atoms with E-state index in [4.69, 9.17) is 16.3 Å². The minimum absolute atomic E-state index is 0.0443. The monoisotopic (exact) mass is 486 g/mol. The molecule has 1 unspecified atom stereocenters. The standard InChI is InChI=1S/C24H27ClN4O5/c1-16(2)34-21-9-8-19(10-20(21)25)27-22-11-23(31)29(14-18(15-30)12-26-33)24(32)28(22)13-17-6-4-3-5-7-17/h3-11,16,18,27,30H,12-15H2,1-2H3. The maximum Gasteiger partial charge on any atom is 0.332 e. The van der Waals surface area contributed by atoms with Gasteiger partial charge in [-0.3, -0.25) is 13.9 Å². The number of hydrogen-bond donors (Lipinski definition) is 2. The fourth-order valence-electron chi connectivity index (χ4n) is 3.42. The fraction of sp³-hybridized carbons (Fsp3) is 0.333. The molecule has 0 aliphatic heterocycles. The van der Waals surface area contributed by atoms with Crippen LogP contribution in [0.5, 0.6) is 5.75 Å². The summed E-state index contributed by atoms with van der Waals surface area (Å²) in [5.74, 6) is 0.162. The van der Waals surface area contributed by atoms with Crippen molar-refractivity contribution in [2.75, 3.05) is 18.5 Å². The minimum atomic E-state index is -0.640. The highest BCUT2D eigenvalue weighted by Gasteiger charge is 2.17. The van der Waals surface area contributed by atoms with Crippen molar-refractivity contribution in [2.24, 2.45) is 11.1 Å². The summed E-state index contributed by atoms with van der Waals surface area (Å²) in [6, 6.07) is 15.7. The summed E-state index contributed by atoms with van der Waals surface area (Å²) in [6.07, 6.45) is -0.0443. The zero-order chi connectivity index (χ0) is 24.7. The minimum Gasteiger partial charge on any atom is -0.489 e. The molecule has 0 bridgehead atoms. The molecule has 3 aromatic rings. The van der Waals surface area contributed by atoms with E-state index in [0.717, 1.165) is 10.1 Å². The number of hydrogen-bond acceptors (Lipinski definition) is 7. The largest absolute Gasteiger partial charge is 0.489 e. The second-order valence-corrected chi connectivity index (χ2v) is 8.54. The molecular formula is C24H27ClN4O5. The molecule has 2 aromatic carbocycles. The van der Waals surface area contributed by atoms with Crippen LogP contribution in [0, 0.1) is 10.8 Å². The number of anilines is 2. The van der Waals surface area contributed by atoms with Crippen LogP contribution in [0.25, 0.3) is 0 Å². The second-order valence-electron chi connectivity index (χ2n) is 8.13. The molecule has 1 aromatic heterocycles.